The number of benzene rings is 2. The van der Waals surface area contributed by atoms with Crippen molar-refractivity contribution in [3.8, 4) is 17.3 Å². The summed E-state index contributed by atoms with van der Waals surface area (Å²) < 4.78 is 11.1. The third kappa shape index (κ3) is 2.75. The van der Waals surface area contributed by atoms with E-state index in [-0.39, 0.29) is 0 Å². The number of carbonyl (C=O) groups is 1. The zero-order valence-corrected chi connectivity index (χ0v) is 17.4. The van der Waals surface area contributed by atoms with Gasteiger partial charge in [0.25, 0.3) is 0 Å². The third-order valence-electron chi connectivity index (χ3n) is 5.54. The highest BCUT2D eigenvalue weighted by molar-refractivity contribution is 9.10. The lowest BCUT2D eigenvalue weighted by atomic mass is 10.2. The number of hydrogen-bond donors (Lipinski definition) is 0. The van der Waals surface area contributed by atoms with E-state index >= 15 is 0 Å². The molecule has 0 amide bonds. The number of methoxy groups -OCH3 is 1. The fourth-order valence-corrected chi connectivity index (χ4v) is 4.35. The summed E-state index contributed by atoms with van der Waals surface area (Å²) in [5.41, 5.74) is 4.54. The minimum Gasteiger partial charge on any atom is -0.494 e. The first kappa shape index (κ1) is 17.5. The molecular weight excluding hydrogens is 418 g/mol. The maximum atomic E-state index is 11.3. The monoisotopic (exact) mass is 437 g/mol. The van der Waals surface area contributed by atoms with Crippen LogP contribution in [0.15, 0.2) is 40.9 Å². The topological polar surface area (TPSA) is 49.0 Å². The molecule has 28 heavy (non-hydrogen) atoms. The molecule has 0 N–H and O–H groups in total. The lowest BCUT2D eigenvalue weighted by Crippen LogP contribution is -2.04. The Hall–Kier alpha value is -2.60. The zero-order valence-electron chi connectivity index (χ0n) is 15.8. The number of carbonyl (C=O) groups excluding carboxylic acids is 1. The van der Waals surface area contributed by atoms with Crippen molar-refractivity contribution >= 4 is 44.2 Å². The quantitative estimate of drug-likeness (QED) is 0.403. The molecule has 0 saturated heterocycles. The molecule has 2 aromatic heterocycles. The van der Waals surface area contributed by atoms with Crippen LogP contribution in [0.3, 0.4) is 0 Å². The average Bonchev–Trinajstić information content (AvgIpc) is 3.37. The van der Waals surface area contributed by atoms with Crippen molar-refractivity contribution in [1.82, 2.24) is 14.1 Å². The van der Waals surface area contributed by atoms with E-state index in [0.29, 0.717) is 11.3 Å². The van der Waals surface area contributed by atoms with Gasteiger partial charge < -0.3 is 13.9 Å². The van der Waals surface area contributed by atoms with E-state index in [0.717, 1.165) is 45.8 Å². The van der Waals surface area contributed by atoms with Gasteiger partial charge in [-0.05, 0) is 55.2 Å². The molecule has 0 atom stereocenters. The van der Waals surface area contributed by atoms with Gasteiger partial charge in [-0.15, -0.1) is 0 Å². The first-order chi connectivity index (χ1) is 13.6. The lowest BCUT2D eigenvalue weighted by molar-refractivity contribution is 0.112. The number of fused-ring (bicyclic) bond motifs is 2. The largest absolute Gasteiger partial charge is 0.494 e. The van der Waals surface area contributed by atoms with Crippen LogP contribution in [0, 0.1) is 5.92 Å². The minimum atomic E-state index is 0.566. The SMILES string of the molecule is COc1cc(C=O)cc2nc(-c3cc4cc(Br)ccc4n3CC3CC3)n(C)c12. The van der Waals surface area contributed by atoms with Crippen molar-refractivity contribution < 1.29 is 9.53 Å². The van der Waals surface area contributed by atoms with Crippen molar-refractivity contribution in [2.24, 2.45) is 13.0 Å². The zero-order chi connectivity index (χ0) is 19.4. The van der Waals surface area contributed by atoms with E-state index in [1.807, 2.05) is 13.1 Å². The van der Waals surface area contributed by atoms with Crippen molar-refractivity contribution in [2.75, 3.05) is 7.11 Å². The van der Waals surface area contributed by atoms with Crippen LogP contribution in [0.4, 0.5) is 0 Å². The Morgan fingerprint density at radius 1 is 1.25 bits per heavy atom. The number of hydrogen-bond acceptors (Lipinski definition) is 3. The number of aldehydes is 1. The molecule has 6 heteroatoms. The van der Waals surface area contributed by atoms with Crippen LogP contribution >= 0.6 is 15.9 Å². The van der Waals surface area contributed by atoms with E-state index in [9.17, 15) is 4.79 Å². The van der Waals surface area contributed by atoms with Crippen molar-refractivity contribution in [1.29, 1.82) is 0 Å². The molecule has 5 rings (SSSR count). The highest BCUT2D eigenvalue weighted by Crippen LogP contribution is 2.38. The smallest absolute Gasteiger partial charge is 0.157 e. The molecule has 2 heterocycles. The molecule has 0 spiro atoms. The number of imidazole rings is 1. The molecular formula is C22H20BrN3O2. The molecule has 1 saturated carbocycles. The van der Waals surface area contributed by atoms with Gasteiger partial charge in [0.15, 0.2) is 5.82 Å². The number of halogens is 1. The fourth-order valence-electron chi connectivity index (χ4n) is 3.97. The normalized spacial score (nSPS) is 14.1. The van der Waals surface area contributed by atoms with Crippen molar-refractivity contribution in [2.45, 2.75) is 19.4 Å². The molecule has 4 aromatic rings. The van der Waals surface area contributed by atoms with Gasteiger partial charge in [0.1, 0.15) is 17.6 Å². The maximum absolute atomic E-state index is 11.3. The van der Waals surface area contributed by atoms with Gasteiger partial charge in [-0.1, -0.05) is 15.9 Å². The molecule has 142 valence electrons. The summed E-state index contributed by atoms with van der Waals surface area (Å²) in [6.07, 6.45) is 3.40. The predicted octanol–water partition coefficient (Wildman–Crippen LogP) is 5.19. The Morgan fingerprint density at radius 3 is 2.79 bits per heavy atom. The molecule has 5 nitrogen and oxygen atoms in total. The number of nitrogens with zero attached hydrogens (tertiary/aromatic N) is 3. The Bertz CT molecular complexity index is 1230. The summed E-state index contributed by atoms with van der Waals surface area (Å²) in [6.45, 7) is 1.00. The van der Waals surface area contributed by atoms with E-state index in [1.165, 1.54) is 23.7 Å². The molecule has 0 aliphatic heterocycles. The molecule has 2 aromatic carbocycles. The van der Waals surface area contributed by atoms with Gasteiger partial charge in [0.05, 0.1) is 18.3 Å². The highest BCUT2D eigenvalue weighted by Gasteiger charge is 2.26. The Labute approximate surface area is 171 Å². The van der Waals surface area contributed by atoms with Crippen LogP contribution in [-0.2, 0) is 13.6 Å². The summed E-state index contributed by atoms with van der Waals surface area (Å²) >= 11 is 3.58. The molecule has 1 aliphatic carbocycles. The van der Waals surface area contributed by atoms with Crippen LogP contribution in [0.5, 0.6) is 5.75 Å². The Morgan fingerprint density at radius 2 is 2.07 bits per heavy atom. The summed E-state index contributed by atoms with van der Waals surface area (Å²) in [7, 11) is 3.63. The number of aromatic nitrogens is 3. The maximum Gasteiger partial charge on any atom is 0.157 e. The second-order valence-electron chi connectivity index (χ2n) is 7.49. The Kier molecular flexibility index (Phi) is 4.05. The summed E-state index contributed by atoms with van der Waals surface area (Å²) in [5, 5.41) is 1.19. The van der Waals surface area contributed by atoms with Gasteiger partial charge in [-0.3, -0.25) is 4.79 Å². The highest BCUT2D eigenvalue weighted by atomic mass is 79.9. The molecule has 0 bridgehead atoms. The summed E-state index contributed by atoms with van der Waals surface area (Å²) in [4.78, 5) is 16.2. The fraction of sp³-hybridized carbons (Fsp3) is 0.273. The van der Waals surface area contributed by atoms with E-state index in [1.54, 1.807) is 13.2 Å². The van der Waals surface area contributed by atoms with Gasteiger partial charge in [-0.2, -0.15) is 0 Å². The first-order valence-corrected chi connectivity index (χ1v) is 10.2. The lowest BCUT2D eigenvalue weighted by Gasteiger charge is -2.11. The van der Waals surface area contributed by atoms with Crippen LogP contribution in [-0.4, -0.2) is 27.5 Å². The summed E-state index contributed by atoms with van der Waals surface area (Å²) in [6, 6.07) is 12.2. The van der Waals surface area contributed by atoms with Gasteiger partial charge in [0, 0.05) is 34.5 Å². The third-order valence-corrected chi connectivity index (χ3v) is 6.04. The van der Waals surface area contributed by atoms with Gasteiger partial charge >= 0.3 is 0 Å². The van der Waals surface area contributed by atoms with Crippen molar-refractivity contribution in [3.05, 3.63) is 46.4 Å². The van der Waals surface area contributed by atoms with E-state index in [4.69, 9.17) is 9.72 Å². The predicted molar refractivity (Wildman–Crippen MR) is 114 cm³/mol. The minimum absolute atomic E-state index is 0.566. The van der Waals surface area contributed by atoms with Gasteiger partial charge in [0.2, 0.25) is 0 Å². The number of aryl methyl sites for hydroxylation is 1. The van der Waals surface area contributed by atoms with Gasteiger partial charge in [-0.25, -0.2) is 4.98 Å². The van der Waals surface area contributed by atoms with Crippen LogP contribution in [0.1, 0.15) is 23.2 Å². The van der Waals surface area contributed by atoms with E-state index < -0.39 is 0 Å². The van der Waals surface area contributed by atoms with Crippen LogP contribution in [0.2, 0.25) is 0 Å². The Balaban J connectivity index is 1.78. The van der Waals surface area contributed by atoms with E-state index in [2.05, 4.69) is 49.3 Å². The molecule has 0 radical (unpaired) electrons. The molecule has 1 fully saturated rings. The first-order valence-electron chi connectivity index (χ1n) is 9.38. The summed E-state index contributed by atoms with van der Waals surface area (Å²) in [5.74, 6) is 2.28. The van der Waals surface area contributed by atoms with Crippen LogP contribution in [0.25, 0.3) is 33.5 Å². The molecule has 0 unspecified atom stereocenters. The second kappa shape index (κ2) is 6.48. The standard InChI is InChI=1S/C22H20BrN3O2/c1-25-21-17(7-14(12-27)8-20(21)28-2)24-22(25)19-10-15-9-16(23)5-6-18(15)26(19)11-13-3-4-13/h5-10,12-13H,3-4,11H2,1-2H3. The molecule has 1 aliphatic rings. The van der Waals surface area contributed by atoms with Crippen LogP contribution < -0.4 is 4.74 Å². The number of rotatable bonds is 5. The number of ether oxygens (including phenoxy) is 1. The second-order valence-corrected chi connectivity index (χ2v) is 8.41. The van der Waals surface area contributed by atoms with Crippen molar-refractivity contribution in [3.63, 3.8) is 0 Å². The average molecular weight is 438 g/mol.